The maximum atomic E-state index is 11.8. The molecule has 4 nitrogen and oxygen atoms in total. The van der Waals surface area contributed by atoms with Crippen molar-refractivity contribution in [2.45, 2.75) is 109 Å². The van der Waals surface area contributed by atoms with Crippen molar-refractivity contribution >= 4 is 14.3 Å². The van der Waals surface area contributed by atoms with Gasteiger partial charge < -0.3 is 14.3 Å². The van der Waals surface area contributed by atoms with Crippen LogP contribution in [0.1, 0.15) is 73.1 Å². The third kappa shape index (κ3) is 5.67. The Balaban J connectivity index is 2.14. The van der Waals surface area contributed by atoms with E-state index in [9.17, 15) is 9.90 Å². The molecule has 1 aliphatic carbocycles. The van der Waals surface area contributed by atoms with Crippen molar-refractivity contribution in [3.63, 3.8) is 0 Å². The average molecular weight is 397 g/mol. The Labute approximate surface area is 166 Å². The molecule has 27 heavy (non-hydrogen) atoms. The van der Waals surface area contributed by atoms with Crippen LogP contribution in [0.4, 0.5) is 0 Å². The molecular formula is C22H40O4Si. The lowest BCUT2D eigenvalue weighted by Crippen LogP contribution is -2.41. The molecule has 1 heterocycles. The van der Waals surface area contributed by atoms with Gasteiger partial charge in [-0.3, -0.25) is 4.79 Å². The van der Waals surface area contributed by atoms with Gasteiger partial charge in [0.2, 0.25) is 0 Å². The Bertz CT molecular complexity index is 504. The van der Waals surface area contributed by atoms with E-state index in [1.165, 1.54) is 0 Å². The zero-order chi connectivity index (χ0) is 20.1. The van der Waals surface area contributed by atoms with Gasteiger partial charge in [-0.25, -0.2) is 0 Å². The van der Waals surface area contributed by atoms with Gasteiger partial charge in [0.1, 0.15) is 6.10 Å². The van der Waals surface area contributed by atoms with E-state index in [4.69, 9.17) is 9.16 Å². The van der Waals surface area contributed by atoms with Crippen molar-refractivity contribution < 1.29 is 19.1 Å². The van der Waals surface area contributed by atoms with E-state index in [2.05, 4.69) is 33.8 Å². The zero-order valence-electron chi connectivity index (χ0n) is 18.0. The summed E-state index contributed by atoms with van der Waals surface area (Å²) in [6.45, 7) is 10.8. The second-order valence-electron chi connectivity index (χ2n) is 8.78. The molecule has 1 saturated heterocycles. The second kappa shape index (κ2) is 9.70. The summed E-state index contributed by atoms with van der Waals surface area (Å²) in [5.41, 5.74) is -0.796. The number of ether oxygens (including phenoxy) is 1. The maximum absolute atomic E-state index is 11.8. The third-order valence-electron chi connectivity index (χ3n) is 6.85. The zero-order valence-corrected chi connectivity index (χ0v) is 19.0. The van der Waals surface area contributed by atoms with Crippen molar-refractivity contribution in [3.8, 4) is 0 Å². The van der Waals surface area contributed by atoms with Crippen LogP contribution in [0.25, 0.3) is 0 Å². The van der Waals surface area contributed by atoms with Crippen LogP contribution < -0.4 is 0 Å². The summed E-state index contributed by atoms with van der Waals surface area (Å²) < 4.78 is 12.4. The molecule has 5 atom stereocenters. The Morgan fingerprint density at radius 2 is 1.89 bits per heavy atom. The molecule has 1 N–H and O–H groups in total. The fourth-order valence-electron chi connectivity index (χ4n) is 4.75. The smallest absolute Gasteiger partial charge is 0.306 e. The molecule has 0 aromatic heterocycles. The minimum absolute atomic E-state index is 0.0144. The summed E-state index contributed by atoms with van der Waals surface area (Å²) in [4.78, 5) is 11.8. The molecule has 2 aliphatic rings. The molecule has 0 bridgehead atoms. The molecule has 0 aromatic rings. The van der Waals surface area contributed by atoms with E-state index in [1.54, 1.807) is 0 Å². The summed E-state index contributed by atoms with van der Waals surface area (Å²) >= 11 is 0. The van der Waals surface area contributed by atoms with Crippen LogP contribution in [0.5, 0.6) is 0 Å². The molecule has 0 amide bonds. The van der Waals surface area contributed by atoms with Gasteiger partial charge >= 0.3 is 5.97 Å². The summed E-state index contributed by atoms with van der Waals surface area (Å²) in [6, 6.07) is 3.37. The number of carbonyl (C=O) groups excluding carboxylic acids is 1. The molecular weight excluding hydrogens is 356 g/mol. The molecule has 1 aliphatic heterocycles. The highest BCUT2D eigenvalue weighted by Gasteiger charge is 2.51. The van der Waals surface area contributed by atoms with Gasteiger partial charge in [-0.2, -0.15) is 0 Å². The Morgan fingerprint density at radius 1 is 1.22 bits per heavy atom. The molecule has 2 rings (SSSR count). The van der Waals surface area contributed by atoms with Crippen LogP contribution in [0.3, 0.4) is 0 Å². The van der Waals surface area contributed by atoms with Gasteiger partial charge in [-0.05, 0) is 31.5 Å². The van der Waals surface area contributed by atoms with Gasteiger partial charge in [-0.1, -0.05) is 59.1 Å². The quantitative estimate of drug-likeness (QED) is 0.225. The van der Waals surface area contributed by atoms with E-state index in [0.29, 0.717) is 6.42 Å². The van der Waals surface area contributed by atoms with Crippen LogP contribution >= 0.6 is 0 Å². The minimum Gasteiger partial charge on any atom is -0.462 e. The number of aliphatic hydroxyl groups is 1. The highest BCUT2D eigenvalue weighted by molar-refractivity contribution is 6.73. The summed E-state index contributed by atoms with van der Waals surface area (Å²) in [6.07, 6.45) is 9.59. The van der Waals surface area contributed by atoms with Gasteiger partial charge in [0, 0.05) is 18.3 Å². The summed E-state index contributed by atoms with van der Waals surface area (Å²) in [5.74, 6) is 0.277. The third-order valence-corrected chi connectivity index (χ3v) is 11.5. The average Bonchev–Trinajstić information content (AvgIpc) is 3.13. The van der Waals surface area contributed by atoms with E-state index < -0.39 is 13.9 Å². The SMILES string of the molecule is CCCCCC(C)(O)C=C[C@@H]1[C@H]2CC(=O)O[C@H]2C[C@H]1O[Si](CC)(CC)CC. The molecule has 1 unspecified atom stereocenters. The predicted molar refractivity (Wildman–Crippen MR) is 112 cm³/mol. The van der Waals surface area contributed by atoms with Crippen LogP contribution in [-0.4, -0.2) is 37.2 Å². The fraction of sp³-hybridized carbons (Fsp3) is 0.864. The normalized spacial score (nSPS) is 30.5. The summed E-state index contributed by atoms with van der Waals surface area (Å²) in [5, 5.41) is 10.7. The van der Waals surface area contributed by atoms with Crippen LogP contribution in [0.2, 0.25) is 18.1 Å². The van der Waals surface area contributed by atoms with E-state index in [0.717, 1.165) is 50.2 Å². The van der Waals surface area contributed by atoms with Gasteiger partial charge in [0.25, 0.3) is 0 Å². The van der Waals surface area contributed by atoms with Crippen LogP contribution in [-0.2, 0) is 14.0 Å². The standard InChI is InChI=1S/C22H40O4Si/c1-6-10-11-13-22(5,24)14-12-17-18-15-21(23)25-19(18)16-20(17)26-27(7-2,8-3)9-4/h12,14,17-20,24H,6-11,13,15-16H2,1-5H3/t17-,18-,19+,20-,22?/m1/s1. The number of fused-ring (bicyclic) bond motifs is 1. The number of hydrogen-bond donors (Lipinski definition) is 1. The number of rotatable bonds is 11. The van der Waals surface area contributed by atoms with Gasteiger partial charge in [0.15, 0.2) is 8.32 Å². The molecule has 0 spiro atoms. The van der Waals surface area contributed by atoms with Gasteiger partial charge in [0.05, 0.1) is 18.1 Å². The van der Waals surface area contributed by atoms with E-state index in [-0.39, 0.29) is 30.0 Å². The number of hydrogen-bond acceptors (Lipinski definition) is 4. The van der Waals surface area contributed by atoms with Crippen molar-refractivity contribution in [1.29, 1.82) is 0 Å². The highest BCUT2D eigenvalue weighted by atomic mass is 28.4. The molecule has 0 aromatic carbocycles. The molecule has 0 radical (unpaired) electrons. The van der Waals surface area contributed by atoms with Gasteiger partial charge in [-0.15, -0.1) is 0 Å². The number of esters is 1. The predicted octanol–water partition coefficient (Wildman–Crippen LogP) is 5.22. The highest BCUT2D eigenvalue weighted by Crippen LogP contribution is 2.45. The Kier molecular flexibility index (Phi) is 8.14. The van der Waals surface area contributed by atoms with E-state index >= 15 is 0 Å². The first kappa shape index (κ1) is 22.6. The Hall–Kier alpha value is -0.653. The topological polar surface area (TPSA) is 55.8 Å². The number of unbranched alkanes of at least 4 members (excludes halogenated alkanes) is 2. The van der Waals surface area contributed by atoms with Crippen LogP contribution in [0.15, 0.2) is 12.2 Å². The molecule has 156 valence electrons. The molecule has 1 saturated carbocycles. The fourth-order valence-corrected chi connectivity index (χ4v) is 7.64. The first-order valence-electron chi connectivity index (χ1n) is 11.1. The lowest BCUT2D eigenvalue weighted by Gasteiger charge is -2.34. The van der Waals surface area contributed by atoms with Crippen LogP contribution in [0, 0.1) is 11.8 Å². The monoisotopic (exact) mass is 396 g/mol. The first-order chi connectivity index (χ1) is 12.8. The second-order valence-corrected chi connectivity index (χ2v) is 13.5. The van der Waals surface area contributed by atoms with Crippen molar-refractivity contribution in [3.05, 3.63) is 12.2 Å². The van der Waals surface area contributed by atoms with Crippen molar-refractivity contribution in [2.75, 3.05) is 0 Å². The Morgan fingerprint density at radius 3 is 2.48 bits per heavy atom. The molecule has 5 heteroatoms. The van der Waals surface area contributed by atoms with E-state index in [1.807, 2.05) is 13.0 Å². The number of carbonyl (C=O) groups is 1. The lowest BCUT2D eigenvalue weighted by molar-refractivity contribution is -0.141. The van der Waals surface area contributed by atoms with Crippen molar-refractivity contribution in [1.82, 2.24) is 0 Å². The maximum Gasteiger partial charge on any atom is 0.306 e. The van der Waals surface area contributed by atoms with Crippen molar-refractivity contribution in [2.24, 2.45) is 11.8 Å². The molecule has 2 fully saturated rings. The minimum atomic E-state index is -1.73. The lowest BCUT2D eigenvalue weighted by atomic mass is 9.89. The first-order valence-corrected chi connectivity index (χ1v) is 13.6. The largest absolute Gasteiger partial charge is 0.462 e. The summed E-state index contributed by atoms with van der Waals surface area (Å²) in [7, 11) is -1.73.